The molecule has 2 aromatic carbocycles. The van der Waals surface area contributed by atoms with E-state index in [1.165, 1.54) is 66.8 Å². The highest BCUT2D eigenvalue weighted by Crippen LogP contribution is 2.31. The number of carbonyl (C=O) groups is 3. The van der Waals surface area contributed by atoms with Crippen molar-refractivity contribution in [2.24, 2.45) is 5.92 Å². The molecule has 8 heteroatoms. The maximum absolute atomic E-state index is 13.4. The smallest absolute Gasteiger partial charge is 0.313 e. The maximum Gasteiger partial charge on any atom is 0.313 e. The lowest BCUT2D eigenvalue weighted by atomic mass is 9.75. The molecule has 1 aliphatic rings. The van der Waals surface area contributed by atoms with E-state index in [1.54, 1.807) is 0 Å². The van der Waals surface area contributed by atoms with Crippen LogP contribution in [-0.2, 0) is 4.79 Å². The first-order chi connectivity index (χ1) is 13.7. The number of hydrogen-bond acceptors (Lipinski definition) is 4. The summed E-state index contributed by atoms with van der Waals surface area (Å²) in [5.41, 5.74) is 4.53. The van der Waals surface area contributed by atoms with E-state index < -0.39 is 29.1 Å². The topological polar surface area (TPSA) is 109 Å². The summed E-state index contributed by atoms with van der Waals surface area (Å²) >= 11 is 12.0. The summed E-state index contributed by atoms with van der Waals surface area (Å²) in [6.07, 6.45) is 5.74. The predicted molar refractivity (Wildman–Crippen MR) is 111 cm³/mol. The van der Waals surface area contributed by atoms with E-state index in [1.807, 2.05) is 0 Å². The van der Waals surface area contributed by atoms with E-state index in [4.69, 9.17) is 28.9 Å². The van der Waals surface area contributed by atoms with Gasteiger partial charge in [0.05, 0.1) is 10.6 Å². The highest BCUT2D eigenvalue weighted by molar-refractivity contribution is 6.36. The number of rotatable bonds is 5. The summed E-state index contributed by atoms with van der Waals surface area (Å²) in [4.78, 5) is 38.3. The second-order valence-corrected chi connectivity index (χ2v) is 7.30. The number of ketones is 1. The van der Waals surface area contributed by atoms with Crippen molar-refractivity contribution in [1.82, 2.24) is 5.32 Å². The van der Waals surface area contributed by atoms with Crippen LogP contribution in [0.1, 0.15) is 20.7 Å². The number of carbonyl (C=O) groups excluding carboxylic acids is 2. The summed E-state index contributed by atoms with van der Waals surface area (Å²) in [5.74, 6) is -3.89. The van der Waals surface area contributed by atoms with Gasteiger partial charge in [-0.05, 0) is 42.5 Å². The highest BCUT2D eigenvalue weighted by atomic mass is 35.5. The van der Waals surface area contributed by atoms with Crippen molar-refractivity contribution >= 4 is 46.5 Å². The van der Waals surface area contributed by atoms with E-state index in [0.29, 0.717) is 10.7 Å². The zero-order valence-corrected chi connectivity index (χ0v) is 16.4. The van der Waals surface area contributed by atoms with Crippen LogP contribution in [0.3, 0.4) is 0 Å². The van der Waals surface area contributed by atoms with E-state index >= 15 is 0 Å². The number of anilines is 1. The number of nitrogens with two attached hydrogens (primary N) is 1. The first kappa shape index (κ1) is 20.6. The molecule has 6 nitrogen and oxygen atoms in total. The van der Waals surface area contributed by atoms with Crippen molar-refractivity contribution in [3.8, 4) is 0 Å². The van der Waals surface area contributed by atoms with Gasteiger partial charge in [0.15, 0.2) is 5.78 Å². The molecular formula is C21H16Cl2N2O4. The van der Waals surface area contributed by atoms with Gasteiger partial charge in [-0.15, -0.1) is 0 Å². The first-order valence-corrected chi connectivity index (χ1v) is 9.27. The molecule has 3 rings (SSSR count). The zero-order chi connectivity index (χ0) is 21.2. The Bertz CT molecular complexity index is 1050. The van der Waals surface area contributed by atoms with Crippen molar-refractivity contribution < 1.29 is 19.5 Å². The minimum Gasteiger partial charge on any atom is -0.481 e. The standard InChI is InChI=1S/C21H16Cl2N2O4/c22-13-6-9-15(17(23)11-13)19(27)25-21(10-2-1-3-16(21)20(28)29)18(26)12-4-7-14(24)8-5-12/h1-11,16H,24H2,(H,25,27)(H,28,29). The van der Waals surface area contributed by atoms with Gasteiger partial charge in [0.2, 0.25) is 0 Å². The molecule has 148 valence electrons. The molecule has 2 aromatic rings. The summed E-state index contributed by atoms with van der Waals surface area (Å²) in [6.45, 7) is 0. The summed E-state index contributed by atoms with van der Waals surface area (Å²) in [5, 5.41) is 12.7. The lowest BCUT2D eigenvalue weighted by Gasteiger charge is -2.36. The monoisotopic (exact) mass is 430 g/mol. The number of allylic oxidation sites excluding steroid dienone is 2. The molecule has 0 aliphatic heterocycles. The SMILES string of the molecule is Nc1ccc(C(=O)C2(NC(=O)c3ccc(Cl)cc3Cl)C=CC=CC2C(=O)O)cc1. The third kappa shape index (κ3) is 4.04. The van der Waals surface area contributed by atoms with Gasteiger partial charge < -0.3 is 16.2 Å². The van der Waals surface area contributed by atoms with Crippen LogP contribution in [0, 0.1) is 5.92 Å². The fourth-order valence-corrected chi connectivity index (χ4v) is 3.60. The number of aliphatic carboxylic acids is 1. The molecule has 1 aliphatic carbocycles. The molecule has 2 unspecified atom stereocenters. The third-order valence-electron chi connectivity index (χ3n) is 4.58. The molecule has 29 heavy (non-hydrogen) atoms. The predicted octanol–water partition coefficient (Wildman–Crippen LogP) is 3.75. The Morgan fingerprint density at radius 1 is 1.03 bits per heavy atom. The molecule has 4 N–H and O–H groups in total. The highest BCUT2D eigenvalue weighted by Gasteiger charge is 2.48. The average Bonchev–Trinajstić information content (AvgIpc) is 2.68. The minimum atomic E-state index is -1.85. The van der Waals surface area contributed by atoms with E-state index in [9.17, 15) is 19.5 Å². The second-order valence-electron chi connectivity index (χ2n) is 6.46. The summed E-state index contributed by atoms with van der Waals surface area (Å²) in [6, 6.07) is 10.3. The molecule has 0 aromatic heterocycles. The van der Waals surface area contributed by atoms with Crippen LogP contribution in [0.4, 0.5) is 5.69 Å². The Labute approximate surface area is 176 Å². The maximum atomic E-state index is 13.4. The Kier molecular flexibility index (Phi) is 5.77. The normalized spacial score (nSPS) is 20.3. The third-order valence-corrected chi connectivity index (χ3v) is 5.12. The average molecular weight is 431 g/mol. The van der Waals surface area contributed by atoms with Crippen molar-refractivity contribution in [1.29, 1.82) is 0 Å². The van der Waals surface area contributed by atoms with Crippen LogP contribution < -0.4 is 11.1 Å². The van der Waals surface area contributed by atoms with Crippen LogP contribution in [0.15, 0.2) is 66.8 Å². The van der Waals surface area contributed by atoms with E-state index in [-0.39, 0.29) is 16.1 Å². The van der Waals surface area contributed by atoms with Crippen molar-refractivity contribution in [2.45, 2.75) is 5.54 Å². The number of hydrogen-bond donors (Lipinski definition) is 3. The molecule has 2 atom stereocenters. The van der Waals surface area contributed by atoms with Crippen LogP contribution >= 0.6 is 23.2 Å². The van der Waals surface area contributed by atoms with Gasteiger partial charge >= 0.3 is 5.97 Å². The lowest BCUT2D eigenvalue weighted by molar-refractivity contribution is -0.141. The number of carboxylic acids is 1. The summed E-state index contributed by atoms with van der Waals surface area (Å²) in [7, 11) is 0. The minimum absolute atomic E-state index is 0.0626. The van der Waals surface area contributed by atoms with E-state index in [0.717, 1.165) is 0 Å². The molecule has 0 fully saturated rings. The first-order valence-electron chi connectivity index (χ1n) is 8.51. The fraction of sp³-hybridized carbons (Fsp3) is 0.0952. The van der Waals surface area contributed by atoms with Gasteiger partial charge in [0.25, 0.3) is 5.91 Å². The quantitative estimate of drug-likeness (QED) is 0.494. The fourth-order valence-electron chi connectivity index (χ4n) is 3.11. The number of Topliss-reactive ketones (excluding diaryl/α,β-unsaturated/α-hetero) is 1. The van der Waals surface area contributed by atoms with Gasteiger partial charge in [-0.1, -0.05) is 47.5 Å². The van der Waals surface area contributed by atoms with Crippen molar-refractivity contribution in [2.75, 3.05) is 5.73 Å². The molecule has 0 saturated carbocycles. The Morgan fingerprint density at radius 3 is 2.34 bits per heavy atom. The van der Waals surface area contributed by atoms with E-state index in [2.05, 4.69) is 5.32 Å². The van der Waals surface area contributed by atoms with Crippen molar-refractivity contribution in [3.05, 3.63) is 87.9 Å². The van der Waals surface area contributed by atoms with Crippen LogP contribution in [0.25, 0.3) is 0 Å². The number of carboxylic acid groups (broad SMARTS) is 1. The number of halogens is 2. The molecular weight excluding hydrogens is 415 g/mol. The number of nitrogens with one attached hydrogen (secondary N) is 1. The van der Waals surface area contributed by atoms with Crippen LogP contribution in [0.2, 0.25) is 10.0 Å². The number of amides is 1. The Balaban J connectivity index is 2.08. The molecule has 0 saturated heterocycles. The van der Waals surface area contributed by atoms with Gasteiger partial charge in [-0.2, -0.15) is 0 Å². The Morgan fingerprint density at radius 2 is 1.72 bits per heavy atom. The molecule has 0 bridgehead atoms. The van der Waals surface area contributed by atoms with Crippen LogP contribution in [0.5, 0.6) is 0 Å². The van der Waals surface area contributed by atoms with Gasteiger partial charge in [0, 0.05) is 16.3 Å². The molecule has 1 amide bonds. The number of nitrogen functional groups attached to an aromatic ring is 1. The second kappa shape index (κ2) is 8.11. The molecule has 0 spiro atoms. The molecule has 0 heterocycles. The zero-order valence-electron chi connectivity index (χ0n) is 14.9. The largest absolute Gasteiger partial charge is 0.481 e. The van der Waals surface area contributed by atoms with Crippen molar-refractivity contribution in [3.63, 3.8) is 0 Å². The lowest BCUT2D eigenvalue weighted by Crippen LogP contribution is -2.60. The van der Waals surface area contributed by atoms with Gasteiger partial charge in [-0.3, -0.25) is 14.4 Å². The Hall–Kier alpha value is -3.09. The summed E-state index contributed by atoms with van der Waals surface area (Å²) < 4.78 is 0. The molecule has 0 radical (unpaired) electrons. The number of benzene rings is 2. The van der Waals surface area contributed by atoms with Gasteiger partial charge in [0.1, 0.15) is 11.5 Å². The van der Waals surface area contributed by atoms with Gasteiger partial charge in [-0.25, -0.2) is 0 Å². The van der Waals surface area contributed by atoms with Crippen LogP contribution in [-0.4, -0.2) is 28.3 Å².